The van der Waals surface area contributed by atoms with Gasteiger partial charge in [0.15, 0.2) is 0 Å². The Bertz CT molecular complexity index is 371. The summed E-state index contributed by atoms with van der Waals surface area (Å²) in [5.41, 5.74) is 3.50. The van der Waals surface area contributed by atoms with E-state index in [1.807, 2.05) is 6.08 Å². The van der Waals surface area contributed by atoms with Gasteiger partial charge in [-0.2, -0.15) is 0 Å². The van der Waals surface area contributed by atoms with Gasteiger partial charge in [-0.1, -0.05) is 61.2 Å². The Morgan fingerprint density at radius 3 is 2.50 bits per heavy atom. The van der Waals surface area contributed by atoms with Crippen molar-refractivity contribution < 1.29 is 4.74 Å². The SMILES string of the molecule is C=C/C=C(\C=C)COCc1ccc(C)cc1. The van der Waals surface area contributed by atoms with E-state index in [-0.39, 0.29) is 0 Å². The maximum atomic E-state index is 5.58. The molecule has 0 aliphatic heterocycles. The van der Waals surface area contributed by atoms with E-state index in [9.17, 15) is 0 Å². The zero-order chi connectivity index (χ0) is 11.8. The minimum Gasteiger partial charge on any atom is -0.372 e. The lowest BCUT2D eigenvalue weighted by atomic mass is 10.2. The van der Waals surface area contributed by atoms with Gasteiger partial charge in [0.05, 0.1) is 13.2 Å². The Morgan fingerprint density at radius 2 is 1.94 bits per heavy atom. The van der Waals surface area contributed by atoms with Crippen molar-refractivity contribution in [2.45, 2.75) is 13.5 Å². The standard InChI is InChI=1S/C15H18O/c1-4-6-14(5-2)11-16-12-15-9-7-13(3)8-10-15/h4-10H,1-2,11-12H2,3H3/b14-6+. The van der Waals surface area contributed by atoms with Gasteiger partial charge in [0, 0.05) is 0 Å². The minimum absolute atomic E-state index is 0.573. The topological polar surface area (TPSA) is 9.23 Å². The van der Waals surface area contributed by atoms with E-state index in [0.717, 1.165) is 5.57 Å². The second-order valence-corrected chi connectivity index (χ2v) is 3.66. The molecule has 0 saturated heterocycles. The molecule has 1 aromatic carbocycles. The van der Waals surface area contributed by atoms with Crippen LogP contribution in [0.15, 0.2) is 61.2 Å². The van der Waals surface area contributed by atoms with Crippen molar-refractivity contribution in [2.24, 2.45) is 0 Å². The summed E-state index contributed by atoms with van der Waals surface area (Å²) in [5.74, 6) is 0. The molecule has 0 aliphatic carbocycles. The molecule has 0 aliphatic rings. The molecule has 1 rings (SSSR count). The Balaban J connectivity index is 2.40. The Hall–Kier alpha value is -1.60. The Labute approximate surface area is 97.8 Å². The van der Waals surface area contributed by atoms with Crippen LogP contribution in [0.4, 0.5) is 0 Å². The lowest BCUT2D eigenvalue weighted by Crippen LogP contribution is -1.97. The second-order valence-electron chi connectivity index (χ2n) is 3.66. The molecule has 0 heterocycles. The molecule has 0 unspecified atom stereocenters. The first-order valence-electron chi connectivity index (χ1n) is 5.33. The normalized spacial score (nSPS) is 11.2. The van der Waals surface area contributed by atoms with Gasteiger partial charge in [-0.25, -0.2) is 0 Å². The molecule has 0 bridgehead atoms. The third-order valence-electron chi connectivity index (χ3n) is 2.25. The highest BCUT2D eigenvalue weighted by Gasteiger charge is 1.94. The first-order chi connectivity index (χ1) is 7.76. The number of hydrogen-bond donors (Lipinski definition) is 0. The molecule has 0 aromatic heterocycles. The van der Waals surface area contributed by atoms with Crippen molar-refractivity contribution in [3.8, 4) is 0 Å². The van der Waals surface area contributed by atoms with Crippen LogP contribution in [0.25, 0.3) is 0 Å². The molecule has 0 N–H and O–H groups in total. The van der Waals surface area contributed by atoms with Gasteiger partial charge in [0.25, 0.3) is 0 Å². The highest BCUT2D eigenvalue weighted by molar-refractivity contribution is 5.22. The zero-order valence-corrected chi connectivity index (χ0v) is 9.78. The van der Waals surface area contributed by atoms with E-state index in [2.05, 4.69) is 44.3 Å². The number of benzene rings is 1. The number of ether oxygens (including phenoxy) is 1. The quantitative estimate of drug-likeness (QED) is 0.654. The summed E-state index contributed by atoms with van der Waals surface area (Å²) < 4.78 is 5.58. The van der Waals surface area contributed by atoms with Gasteiger partial charge < -0.3 is 4.74 Å². The maximum Gasteiger partial charge on any atom is 0.0721 e. The van der Waals surface area contributed by atoms with Crippen molar-refractivity contribution >= 4 is 0 Å². The molecular weight excluding hydrogens is 196 g/mol. The van der Waals surface area contributed by atoms with Crippen LogP contribution in [-0.2, 0) is 11.3 Å². The van der Waals surface area contributed by atoms with E-state index in [0.29, 0.717) is 13.2 Å². The molecule has 0 saturated carbocycles. The summed E-state index contributed by atoms with van der Waals surface area (Å²) in [6.07, 6.45) is 5.44. The fourth-order valence-electron chi connectivity index (χ4n) is 1.30. The van der Waals surface area contributed by atoms with E-state index >= 15 is 0 Å². The summed E-state index contributed by atoms with van der Waals surface area (Å²) in [6.45, 7) is 10.6. The number of rotatable bonds is 6. The summed E-state index contributed by atoms with van der Waals surface area (Å²) in [4.78, 5) is 0. The van der Waals surface area contributed by atoms with Crippen molar-refractivity contribution in [1.82, 2.24) is 0 Å². The van der Waals surface area contributed by atoms with Gasteiger partial charge in [-0.15, -0.1) is 0 Å². The molecule has 1 heteroatoms. The van der Waals surface area contributed by atoms with Gasteiger partial charge >= 0.3 is 0 Å². The highest BCUT2D eigenvalue weighted by atomic mass is 16.5. The molecule has 1 aromatic rings. The third kappa shape index (κ3) is 4.28. The Morgan fingerprint density at radius 1 is 1.25 bits per heavy atom. The predicted octanol–water partition coefficient (Wildman–Crippen LogP) is 3.81. The van der Waals surface area contributed by atoms with Crippen LogP contribution in [0.5, 0.6) is 0 Å². The van der Waals surface area contributed by atoms with Crippen LogP contribution in [0.1, 0.15) is 11.1 Å². The minimum atomic E-state index is 0.573. The fourth-order valence-corrected chi connectivity index (χ4v) is 1.30. The average Bonchev–Trinajstić information content (AvgIpc) is 2.30. The number of allylic oxidation sites excluding steroid dienone is 2. The summed E-state index contributed by atoms with van der Waals surface area (Å²) in [6, 6.07) is 8.35. The van der Waals surface area contributed by atoms with Crippen LogP contribution in [-0.4, -0.2) is 6.61 Å². The highest BCUT2D eigenvalue weighted by Crippen LogP contribution is 2.06. The van der Waals surface area contributed by atoms with Crippen LogP contribution in [0.3, 0.4) is 0 Å². The van der Waals surface area contributed by atoms with E-state index in [1.165, 1.54) is 11.1 Å². The second kappa shape index (κ2) is 6.81. The number of hydrogen-bond acceptors (Lipinski definition) is 1. The molecule has 1 nitrogen and oxygen atoms in total. The molecule has 0 radical (unpaired) electrons. The molecule has 16 heavy (non-hydrogen) atoms. The largest absolute Gasteiger partial charge is 0.372 e. The van der Waals surface area contributed by atoms with Gasteiger partial charge in [-0.3, -0.25) is 0 Å². The van der Waals surface area contributed by atoms with Crippen LogP contribution >= 0.6 is 0 Å². The van der Waals surface area contributed by atoms with E-state index < -0.39 is 0 Å². The monoisotopic (exact) mass is 214 g/mol. The molecule has 0 spiro atoms. The van der Waals surface area contributed by atoms with Crippen LogP contribution in [0.2, 0.25) is 0 Å². The number of aryl methyl sites for hydroxylation is 1. The lowest BCUT2D eigenvalue weighted by molar-refractivity contribution is 0.144. The average molecular weight is 214 g/mol. The molecule has 0 atom stereocenters. The third-order valence-corrected chi connectivity index (χ3v) is 2.25. The molecule has 0 amide bonds. The predicted molar refractivity (Wildman–Crippen MR) is 69.3 cm³/mol. The van der Waals surface area contributed by atoms with Crippen molar-refractivity contribution in [3.63, 3.8) is 0 Å². The maximum absolute atomic E-state index is 5.58. The van der Waals surface area contributed by atoms with Gasteiger partial charge in [-0.05, 0) is 18.1 Å². The van der Waals surface area contributed by atoms with E-state index in [4.69, 9.17) is 4.74 Å². The summed E-state index contributed by atoms with van der Waals surface area (Å²) in [7, 11) is 0. The van der Waals surface area contributed by atoms with Crippen LogP contribution in [0, 0.1) is 6.92 Å². The molecule has 84 valence electrons. The van der Waals surface area contributed by atoms with Crippen molar-refractivity contribution in [1.29, 1.82) is 0 Å². The Kier molecular flexibility index (Phi) is 5.30. The first kappa shape index (κ1) is 12.5. The van der Waals surface area contributed by atoms with Gasteiger partial charge in [0.1, 0.15) is 0 Å². The zero-order valence-electron chi connectivity index (χ0n) is 9.78. The lowest BCUT2D eigenvalue weighted by Gasteiger charge is -2.05. The fraction of sp³-hybridized carbons (Fsp3) is 0.200. The summed E-state index contributed by atoms with van der Waals surface area (Å²) >= 11 is 0. The summed E-state index contributed by atoms with van der Waals surface area (Å²) in [5, 5.41) is 0. The van der Waals surface area contributed by atoms with Crippen molar-refractivity contribution in [2.75, 3.05) is 6.61 Å². The smallest absolute Gasteiger partial charge is 0.0721 e. The van der Waals surface area contributed by atoms with Crippen molar-refractivity contribution in [3.05, 3.63) is 72.4 Å². The first-order valence-corrected chi connectivity index (χ1v) is 5.33. The van der Waals surface area contributed by atoms with Crippen LogP contribution < -0.4 is 0 Å². The molecule has 0 fully saturated rings. The molecular formula is C15H18O. The van der Waals surface area contributed by atoms with Gasteiger partial charge in [0.2, 0.25) is 0 Å². The van der Waals surface area contributed by atoms with E-state index in [1.54, 1.807) is 12.2 Å².